The zero-order chi connectivity index (χ0) is 15.3. The Kier molecular flexibility index (Phi) is 3.21. The molecule has 1 N–H and O–H groups in total. The molecule has 0 saturated carbocycles. The van der Waals surface area contributed by atoms with Gasteiger partial charge >= 0.3 is 0 Å². The Labute approximate surface area is 135 Å². The van der Waals surface area contributed by atoms with E-state index in [2.05, 4.69) is 73.3 Å². The second-order valence-electron chi connectivity index (χ2n) is 6.09. The van der Waals surface area contributed by atoms with Crippen LogP contribution in [0.1, 0.15) is 38.9 Å². The number of hydrogen-bond acceptors (Lipinski definition) is 2. The van der Waals surface area contributed by atoms with Crippen molar-refractivity contribution in [2.24, 2.45) is 0 Å². The maximum absolute atomic E-state index is 3.76. The molecule has 3 heteroatoms. The summed E-state index contributed by atoms with van der Waals surface area (Å²) in [5.74, 6) is 0. The number of aromatic nitrogens is 1. The van der Waals surface area contributed by atoms with Crippen LogP contribution in [0.4, 0.5) is 0 Å². The van der Waals surface area contributed by atoms with E-state index in [4.69, 9.17) is 0 Å². The Hall–Kier alpha value is -1.84. The first-order valence-corrected chi connectivity index (χ1v) is 8.53. The Bertz CT molecular complexity index is 824. The minimum Gasteiger partial charge on any atom is -0.310 e. The fraction of sp³-hybridized carbons (Fsp3) is 0.263. The van der Waals surface area contributed by atoms with E-state index < -0.39 is 0 Å². The highest BCUT2D eigenvalue weighted by atomic mass is 32.1. The zero-order valence-corrected chi connectivity index (χ0v) is 14.0. The van der Waals surface area contributed by atoms with Gasteiger partial charge in [0.15, 0.2) is 0 Å². The van der Waals surface area contributed by atoms with Crippen LogP contribution in [0.25, 0.3) is 5.00 Å². The van der Waals surface area contributed by atoms with Crippen LogP contribution in [-0.4, -0.2) is 4.57 Å². The van der Waals surface area contributed by atoms with Gasteiger partial charge < -0.3 is 9.88 Å². The number of nitrogens with one attached hydrogen (secondary N) is 1. The van der Waals surface area contributed by atoms with Crippen molar-refractivity contribution in [3.05, 3.63) is 75.4 Å². The van der Waals surface area contributed by atoms with Crippen molar-refractivity contribution < 1.29 is 0 Å². The Morgan fingerprint density at radius 1 is 1.09 bits per heavy atom. The highest BCUT2D eigenvalue weighted by Crippen LogP contribution is 2.37. The molecular weight excluding hydrogens is 288 g/mol. The van der Waals surface area contributed by atoms with Crippen LogP contribution in [-0.2, 0) is 6.54 Å². The predicted molar refractivity (Wildman–Crippen MR) is 93.0 cm³/mol. The highest BCUT2D eigenvalue weighted by molar-refractivity contribution is 7.14. The first kappa shape index (κ1) is 13.8. The first-order valence-electron chi connectivity index (χ1n) is 7.71. The zero-order valence-electron chi connectivity index (χ0n) is 13.2. The van der Waals surface area contributed by atoms with Gasteiger partial charge in [-0.25, -0.2) is 0 Å². The molecule has 0 aliphatic carbocycles. The fourth-order valence-electron chi connectivity index (χ4n) is 3.23. The molecule has 1 aliphatic heterocycles. The van der Waals surface area contributed by atoms with Gasteiger partial charge in [-0.2, -0.15) is 0 Å². The molecule has 0 saturated heterocycles. The van der Waals surface area contributed by atoms with E-state index in [-0.39, 0.29) is 6.04 Å². The minimum atomic E-state index is 0.245. The van der Waals surface area contributed by atoms with E-state index in [0.29, 0.717) is 0 Å². The summed E-state index contributed by atoms with van der Waals surface area (Å²) < 4.78 is 2.37. The van der Waals surface area contributed by atoms with Gasteiger partial charge in [-0.15, -0.1) is 11.3 Å². The molecule has 0 amide bonds. The number of hydrogen-bond donors (Lipinski definition) is 1. The summed E-state index contributed by atoms with van der Waals surface area (Å²) in [5.41, 5.74) is 6.82. The van der Waals surface area contributed by atoms with Crippen LogP contribution in [0.5, 0.6) is 0 Å². The number of benzene rings is 1. The third kappa shape index (κ3) is 2.04. The number of thiophene rings is 1. The van der Waals surface area contributed by atoms with Gasteiger partial charge in [0, 0.05) is 28.9 Å². The molecule has 22 heavy (non-hydrogen) atoms. The van der Waals surface area contributed by atoms with E-state index >= 15 is 0 Å². The van der Waals surface area contributed by atoms with Crippen molar-refractivity contribution in [3.63, 3.8) is 0 Å². The Morgan fingerprint density at radius 2 is 1.86 bits per heavy atom. The van der Waals surface area contributed by atoms with Crippen molar-refractivity contribution in [1.82, 2.24) is 9.88 Å². The van der Waals surface area contributed by atoms with Crippen molar-refractivity contribution in [1.29, 1.82) is 0 Å². The summed E-state index contributed by atoms with van der Waals surface area (Å²) in [7, 11) is 0. The molecule has 2 nitrogen and oxygen atoms in total. The van der Waals surface area contributed by atoms with Gasteiger partial charge in [0.05, 0.1) is 6.04 Å². The quantitative estimate of drug-likeness (QED) is 0.692. The predicted octanol–water partition coefficient (Wildman–Crippen LogP) is 4.66. The standard InChI is InChI=1S/C19H20N2S/c1-12-6-8-15(9-7-12)18-17-5-4-10-21(17)19-16(11-20-18)13(2)14(3)22-19/h4-10,18,20H,11H2,1-3H3. The Morgan fingerprint density at radius 3 is 2.64 bits per heavy atom. The lowest BCUT2D eigenvalue weighted by Gasteiger charge is -2.18. The van der Waals surface area contributed by atoms with Crippen molar-refractivity contribution in [2.75, 3.05) is 0 Å². The van der Waals surface area contributed by atoms with Crippen LogP contribution in [0.3, 0.4) is 0 Å². The molecule has 0 fully saturated rings. The molecular formula is C19H20N2S. The van der Waals surface area contributed by atoms with Crippen LogP contribution < -0.4 is 5.32 Å². The maximum Gasteiger partial charge on any atom is 0.104 e. The average molecular weight is 308 g/mol. The van der Waals surface area contributed by atoms with Crippen molar-refractivity contribution in [2.45, 2.75) is 33.4 Å². The third-order valence-corrected chi connectivity index (χ3v) is 5.93. The van der Waals surface area contributed by atoms with Crippen molar-refractivity contribution in [3.8, 4) is 5.00 Å². The third-order valence-electron chi connectivity index (χ3n) is 4.68. The normalized spacial score (nSPS) is 17.0. The molecule has 1 aliphatic rings. The van der Waals surface area contributed by atoms with Crippen LogP contribution >= 0.6 is 11.3 Å². The van der Waals surface area contributed by atoms with Gasteiger partial charge in [-0.1, -0.05) is 29.8 Å². The number of rotatable bonds is 1. The molecule has 0 bridgehead atoms. The van der Waals surface area contributed by atoms with Crippen LogP contribution in [0, 0.1) is 20.8 Å². The lowest BCUT2D eigenvalue weighted by Crippen LogP contribution is -2.21. The van der Waals surface area contributed by atoms with E-state index in [1.165, 1.54) is 37.8 Å². The summed E-state index contributed by atoms with van der Waals surface area (Å²) in [6, 6.07) is 13.5. The van der Waals surface area contributed by atoms with E-state index in [9.17, 15) is 0 Å². The molecule has 3 aromatic rings. The SMILES string of the molecule is Cc1ccc(C2NCc3c(sc(C)c3C)-n3cccc32)cc1. The lowest BCUT2D eigenvalue weighted by atomic mass is 10.0. The van der Waals surface area contributed by atoms with Crippen LogP contribution in [0.15, 0.2) is 42.6 Å². The monoisotopic (exact) mass is 308 g/mol. The minimum absolute atomic E-state index is 0.245. The topological polar surface area (TPSA) is 17.0 Å². The van der Waals surface area contributed by atoms with Gasteiger partial charge in [-0.05, 0) is 44.0 Å². The van der Waals surface area contributed by atoms with Gasteiger partial charge in [0.25, 0.3) is 0 Å². The highest BCUT2D eigenvalue weighted by Gasteiger charge is 2.25. The smallest absolute Gasteiger partial charge is 0.104 e. The summed E-state index contributed by atoms with van der Waals surface area (Å²) in [6.45, 7) is 7.51. The van der Waals surface area contributed by atoms with E-state index in [1.807, 2.05) is 11.3 Å². The summed E-state index contributed by atoms with van der Waals surface area (Å²) in [5, 5.41) is 5.13. The summed E-state index contributed by atoms with van der Waals surface area (Å²) in [6.07, 6.45) is 2.19. The van der Waals surface area contributed by atoms with Gasteiger partial charge in [-0.3, -0.25) is 0 Å². The fourth-order valence-corrected chi connectivity index (χ4v) is 4.41. The van der Waals surface area contributed by atoms with Gasteiger partial charge in [0.1, 0.15) is 5.00 Å². The number of fused-ring (bicyclic) bond motifs is 3. The molecule has 4 rings (SSSR count). The molecule has 1 atom stereocenters. The molecule has 3 heterocycles. The van der Waals surface area contributed by atoms with E-state index in [0.717, 1.165) is 6.54 Å². The number of nitrogens with zero attached hydrogens (tertiary/aromatic N) is 1. The Balaban J connectivity index is 1.86. The first-order chi connectivity index (χ1) is 10.6. The molecule has 1 unspecified atom stereocenters. The van der Waals surface area contributed by atoms with Crippen LogP contribution in [0.2, 0.25) is 0 Å². The maximum atomic E-state index is 3.76. The van der Waals surface area contributed by atoms with E-state index in [1.54, 1.807) is 0 Å². The second-order valence-corrected chi connectivity index (χ2v) is 7.30. The molecule has 2 aromatic heterocycles. The summed E-state index contributed by atoms with van der Waals surface area (Å²) >= 11 is 1.90. The molecule has 112 valence electrons. The van der Waals surface area contributed by atoms with Gasteiger partial charge in [0.2, 0.25) is 0 Å². The largest absolute Gasteiger partial charge is 0.310 e. The number of aryl methyl sites for hydroxylation is 2. The second kappa shape index (κ2) is 5.11. The molecule has 0 spiro atoms. The summed E-state index contributed by atoms with van der Waals surface area (Å²) in [4.78, 5) is 1.42. The van der Waals surface area contributed by atoms with Crippen molar-refractivity contribution >= 4 is 11.3 Å². The molecule has 0 radical (unpaired) electrons. The molecule has 1 aromatic carbocycles. The average Bonchev–Trinajstić information content (AvgIpc) is 3.05. The lowest BCUT2D eigenvalue weighted by molar-refractivity contribution is 0.600.